The molecular weight excluding hydrogens is 468 g/mol. The highest BCUT2D eigenvalue weighted by molar-refractivity contribution is 5.94. The fraction of sp³-hybridized carbons (Fsp3) is 0.310. The SMILES string of the molecule is CN(CCc1ccnc(N)c1)C(=O)c1ccc2c(c1)C[C@H](CC(=O)O)C(=O)N(CCc1ccccc1)C2. The molecule has 0 unspecified atom stereocenters. The number of amides is 2. The Labute approximate surface area is 216 Å². The van der Waals surface area contributed by atoms with Crippen LogP contribution in [0, 0.1) is 5.92 Å². The lowest BCUT2D eigenvalue weighted by atomic mass is 9.93. The lowest BCUT2D eigenvalue weighted by molar-refractivity contribution is -0.144. The van der Waals surface area contributed by atoms with E-state index in [1.54, 1.807) is 35.2 Å². The van der Waals surface area contributed by atoms with Crippen molar-refractivity contribution < 1.29 is 19.5 Å². The number of nitrogen functional groups attached to an aromatic ring is 1. The molecule has 0 fully saturated rings. The third-order valence-electron chi connectivity index (χ3n) is 6.80. The fourth-order valence-electron chi connectivity index (χ4n) is 4.73. The summed E-state index contributed by atoms with van der Waals surface area (Å²) in [5.41, 5.74) is 10.2. The molecule has 0 spiro atoms. The molecule has 4 rings (SSSR count). The molecular formula is C29H32N4O4. The van der Waals surface area contributed by atoms with E-state index >= 15 is 0 Å². The number of carbonyl (C=O) groups is 3. The number of aromatic nitrogens is 1. The van der Waals surface area contributed by atoms with Crippen LogP contribution in [-0.2, 0) is 35.4 Å². The molecule has 1 atom stereocenters. The van der Waals surface area contributed by atoms with Crippen LogP contribution in [0.25, 0.3) is 0 Å². The van der Waals surface area contributed by atoms with Crippen molar-refractivity contribution in [3.8, 4) is 0 Å². The van der Waals surface area contributed by atoms with Crippen LogP contribution in [0.5, 0.6) is 0 Å². The Morgan fingerprint density at radius 3 is 2.57 bits per heavy atom. The summed E-state index contributed by atoms with van der Waals surface area (Å²) in [6.07, 6.45) is 3.03. The predicted octanol–water partition coefficient (Wildman–Crippen LogP) is 3.20. The Bertz CT molecular complexity index is 1280. The van der Waals surface area contributed by atoms with Gasteiger partial charge in [0.05, 0.1) is 12.3 Å². The van der Waals surface area contributed by atoms with Crippen LogP contribution in [0.3, 0.4) is 0 Å². The van der Waals surface area contributed by atoms with Crippen molar-refractivity contribution in [3.05, 3.63) is 94.7 Å². The van der Waals surface area contributed by atoms with Gasteiger partial charge in [-0.25, -0.2) is 4.98 Å². The van der Waals surface area contributed by atoms with Crippen LogP contribution < -0.4 is 5.73 Å². The van der Waals surface area contributed by atoms with E-state index in [0.29, 0.717) is 50.3 Å². The van der Waals surface area contributed by atoms with Crippen molar-refractivity contribution in [3.63, 3.8) is 0 Å². The molecule has 1 aliphatic rings. The van der Waals surface area contributed by atoms with Gasteiger partial charge < -0.3 is 20.6 Å². The Balaban J connectivity index is 1.50. The first-order valence-corrected chi connectivity index (χ1v) is 12.4. The zero-order valence-electron chi connectivity index (χ0n) is 21.0. The quantitative estimate of drug-likeness (QED) is 0.466. The van der Waals surface area contributed by atoms with Crippen LogP contribution in [-0.4, -0.2) is 57.8 Å². The molecule has 1 aromatic heterocycles. The first-order valence-electron chi connectivity index (χ1n) is 12.4. The molecule has 0 aliphatic carbocycles. The smallest absolute Gasteiger partial charge is 0.304 e. The molecule has 8 nitrogen and oxygen atoms in total. The summed E-state index contributed by atoms with van der Waals surface area (Å²) < 4.78 is 0. The second-order valence-electron chi connectivity index (χ2n) is 9.54. The first-order chi connectivity index (χ1) is 17.8. The number of benzene rings is 2. The Morgan fingerprint density at radius 2 is 1.84 bits per heavy atom. The molecule has 8 heteroatoms. The minimum Gasteiger partial charge on any atom is -0.481 e. The molecule has 0 bridgehead atoms. The highest BCUT2D eigenvalue weighted by atomic mass is 16.4. The Kier molecular flexibility index (Phi) is 8.18. The predicted molar refractivity (Wildman–Crippen MR) is 141 cm³/mol. The molecule has 192 valence electrons. The van der Waals surface area contributed by atoms with E-state index in [9.17, 15) is 19.5 Å². The van der Waals surface area contributed by atoms with Gasteiger partial charge in [-0.2, -0.15) is 0 Å². The van der Waals surface area contributed by atoms with E-state index in [1.807, 2.05) is 48.5 Å². The summed E-state index contributed by atoms with van der Waals surface area (Å²) in [5, 5.41) is 9.46. The van der Waals surface area contributed by atoms with Gasteiger partial charge in [-0.1, -0.05) is 36.4 Å². The van der Waals surface area contributed by atoms with Crippen molar-refractivity contribution in [2.45, 2.75) is 32.2 Å². The number of carboxylic acids is 1. The maximum Gasteiger partial charge on any atom is 0.304 e. The van der Waals surface area contributed by atoms with E-state index in [4.69, 9.17) is 5.73 Å². The van der Waals surface area contributed by atoms with Crippen LogP contribution in [0.15, 0.2) is 66.9 Å². The topological polar surface area (TPSA) is 117 Å². The third kappa shape index (κ3) is 6.73. The summed E-state index contributed by atoms with van der Waals surface area (Å²) in [7, 11) is 1.75. The first kappa shape index (κ1) is 25.9. The standard InChI is InChI=1S/C29H32N4O4/c1-32(13-10-21-9-12-31-26(30)15-21)28(36)22-7-8-23-19-33(14-11-20-5-3-2-4-6-20)29(37)25(18-27(34)35)17-24(23)16-22/h2-9,12,15-16,25H,10-11,13-14,17-19H2,1H3,(H2,30,31)(H,34,35)/t25-/m1/s1. The minimum absolute atomic E-state index is 0.129. The number of fused-ring (bicyclic) bond motifs is 1. The van der Waals surface area contributed by atoms with Gasteiger partial charge in [0.2, 0.25) is 5.91 Å². The summed E-state index contributed by atoms with van der Waals surface area (Å²) >= 11 is 0. The number of nitrogens with zero attached hydrogens (tertiary/aromatic N) is 3. The van der Waals surface area contributed by atoms with Crippen molar-refractivity contribution >= 4 is 23.6 Å². The fourth-order valence-corrected chi connectivity index (χ4v) is 4.73. The average Bonchev–Trinajstić information content (AvgIpc) is 3.01. The van der Waals surface area contributed by atoms with Gasteiger partial charge in [-0.05, 0) is 65.8 Å². The highest BCUT2D eigenvalue weighted by Crippen LogP contribution is 2.27. The molecule has 0 saturated carbocycles. The molecule has 2 aromatic carbocycles. The van der Waals surface area contributed by atoms with Crippen molar-refractivity contribution in [1.82, 2.24) is 14.8 Å². The largest absolute Gasteiger partial charge is 0.481 e. The summed E-state index contributed by atoms with van der Waals surface area (Å²) in [6, 6.07) is 19.1. The van der Waals surface area contributed by atoms with Crippen LogP contribution >= 0.6 is 0 Å². The van der Waals surface area contributed by atoms with Gasteiger partial charge in [-0.15, -0.1) is 0 Å². The van der Waals surface area contributed by atoms with E-state index < -0.39 is 11.9 Å². The lowest BCUT2D eigenvalue weighted by Crippen LogP contribution is -2.37. The lowest BCUT2D eigenvalue weighted by Gasteiger charge is -2.24. The van der Waals surface area contributed by atoms with Crippen LogP contribution in [0.4, 0.5) is 5.82 Å². The zero-order chi connectivity index (χ0) is 26.4. The minimum atomic E-state index is -1.01. The van der Waals surface area contributed by atoms with Crippen LogP contribution in [0.1, 0.15) is 39.0 Å². The molecule has 0 saturated heterocycles. The number of anilines is 1. The Hall–Kier alpha value is -4.20. The number of rotatable bonds is 9. The maximum absolute atomic E-state index is 13.3. The second-order valence-corrected chi connectivity index (χ2v) is 9.54. The maximum atomic E-state index is 13.3. The van der Waals surface area contributed by atoms with Crippen molar-refractivity contribution in [1.29, 1.82) is 0 Å². The molecule has 0 radical (unpaired) electrons. The Morgan fingerprint density at radius 1 is 1.05 bits per heavy atom. The molecule has 2 heterocycles. The zero-order valence-corrected chi connectivity index (χ0v) is 21.0. The van der Waals surface area contributed by atoms with Crippen molar-refractivity contribution in [2.75, 3.05) is 25.9 Å². The molecule has 37 heavy (non-hydrogen) atoms. The number of aliphatic carboxylic acids is 1. The number of carboxylic acid groups (broad SMARTS) is 1. The summed E-state index contributed by atoms with van der Waals surface area (Å²) in [5.74, 6) is -1.52. The third-order valence-corrected chi connectivity index (χ3v) is 6.80. The average molecular weight is 501 g/mol. The van der Waals surface area contributed by atoms with E-state index in [-0.39, 0.29) is 18.2 Å². The molecule has 3 N–H and O–H groups in total. The number of hydrogen-bond acceptors (Lipinski definition) is 5. The molecule has 2 amide bonds. The van der Waals surface area contributed by atoms with E-state index in [1.165, 1.54) is 0 Å². The number of hydrogen-bond donors (Lipinski definition) is 2. The summed E-state index contributed by atoms with van der Waals surface area (Å²) in [6.45, 7) is 1.40. The number of pyridine rings is 1. The monoisotopic (exact) mass is 500 g/mol. The van der Waals surface area contributed by atoms with E-state index in [0.717, 1.165) is 22.3 Å². The summed E-state index contributed by atoms with van der Waals surface area (Å²) in [4.78, 5) is 45.4. The molecule has 3 aromatic rings. The van der Waals surface area contributed by atoms with Crippen LogP contribution in [0.2, 0.25) is 0 Å². The molecule has 1 aliphatic heterocycles. The van der Waals surface area contributed by atoms with Gasteiger partial charge >= 0.3 is 5.97 Å². The highest BCUT2D eigenvalue weighted by Gasteiger charge is 2.31. The van der Waals surface area contributed by atoms with E-state index in [2.05, 4.69) is 4.98 Å². The van der Waals surface area contributed by atoms with Gasteiger partial charge in [0, 0.05) is 38.4 Å². The number of carbonyl (C=O) groups excluding carboxylic acids is 2. The van der Waals surface area contributed by atoms with Gasteiger partial charge in [-0.3, -0.25) is 14.4 Å². The number of nitrogens with two attached hydrogens (primary N) is 1. The van der Waals surface area contributed by atoms with Gasteiger partial charge in [0.25, 0.3) is 5.91 Å². The normalized spacial score (nSPS) is 15.1. The van der Waals surface area contributed by atoms with Gasteiger partial charge in [0.15, 0.2) is 0 Å². The second kappa shape index (κ2) is 11.7. The van der Waals surface area contributed by atoms with Crippen molar-refractivity contribution in [2.24, 2.45) is 5.92 Å². The number of likely N-dealkylation sites (N-methyl/N-ethyl adjacent to an activating group) is 1. The van der Waals surface area contributed by atoms with Gasteiger partial charge in [0.1, 0.15) is 5.82 Å².